The van der Waals surface area contributed by atoms with Gasteiger partial charge in [-0.15, -0.1) is 0 Å². The van der Waals surface area contributed by atoms with Gasteiger partial charge in [-0.1, -0.05) is 31.2 Å². The third kappa shape index (κ3) is 4.64. The number of hydrazone groups is 1. The van der Waals surface area contributed by atoms with E-state index in [-0.39, 0.29) is 5.69 Å². The van der Waals surface area contributed by atoms with Crippen molar-refractivity contribution in [2.75, 3.05) is 6.61 Å². The molecule has 0 fully saturated rings. The van der Waals surface area contributed by atoms with Gasteiger partial charge in [0.1, 0.15) is 5.75 Å². The largest absolute Gasteiger partial charge is 0.493 e. The smallest absolute Gasteiger partial charge is 0.275 e. The zero-order valence-corrected chi connectivity index (χ0v) is 13.1. The van der Waals surface area contributed by atoms with Crippen molar-refractivity contribution in [2.45, 2.75) is 13.3 Å². The van der Waals surface area contributed by atoms with Crippen molar-refractivity contribution in [3.63, 3.8) is 0 Å². The summed E-state index contributed by atoms with van der Waals surface area (Å²) in [5.74, 6) is 0.0748. The summed E-state index contributed by atoms with van der Waals surface area (Å²) in [4.78, 5) is 22.4. The van der Waals surface area contributed by atoms with E-state index in [4.69, 9.17) is 4.74 Å². The van der Waals surface area contributed by atoms with Crippen molar-refractivity contribution < 1.29 is 14.5 Å². The van der Waals surface area contributed by atoms with E-state index < -0.39 is 10.8 Å². The number of para-hydroxylation sites is 1. The van der Waals surface area contributed by atoms with Crippen LogP contribution in [0.25, 0.3) is 0 Å². The number of hydrogen-bond donors (Lipinski definition) is 1. The third-order valence-electron chi connectivity index (χ3n) is 3.05. The van der Waals surface area contributed by atoms with Crippen molar-refractivity contribution in [1.29, 1.82) is 0 Å². The molecule has 24 heavy (non-hydrogen) atoms. The third-order valence-corrected chi connectivity index (χ3v) is 3.05. The van der Waals surface area contributed by atoms with Crippen LogP contribution in [-0.2, 0) is 0 Å². The summed E-state index contributed by atoms with van der Waals surface area (Å²) in [5, 5.41) is 14.6. The second kappa shape index (κ2) is 8.42. The molecule has 1 amide bonds. The lowest BCUT2D eigenvalue weighted by Gasteiger charge is -2.09. The fraction of sp³-hybridized carbons (Fsp3) is 0.176. The second-order valence-electron chi connectivity index (χ2n) is 4.90. The van der Waals surface area contributed by atoms with E-state index in [2.05, 4.69) is 10.5 Å². The van der Waals surface area contributed by atoms with Gasteiger partial charge in [0.25, 0.3) is 11.6 Å². The number of carbonyl (C=O) groups is 1. The van der Waals surface area contributed by atoms with Gasteiger partial charge in [-0.2, -0.15) is 5.10 Å². The Labute approximate surface area is 139 Å². The van der Waals surface area contributed by atoms with Crippen LogP contribution in [0.4, 0.5) is 5.69 Å². The molecule has 7 heteroatoms. The molecule has 0 unspecified atom stereocenters. The molecular formula is C17H17N3O4. The molecule has 0 aliphatic carbocycles. The second-order valence-corrected chi connectivity index (χ2v) is 4.90. The Morgan fingerprint density at radius 1 is 1.29 bits per heavy atom. The van der Waals surface area contributed by atoms with Crippen molar-refractivity contribution >= 4 is 17.8 Å². The Balaban J connectivity index is 2.05. The SMILES string of the molecule is CCCOc1ccccc1C(=O)N/N=C/c1cccc([N+](=O)[O-])c1. The fourth-order valence-electron chi connectivity index (χ4n) is 1.94. The minimum atomic E-state index is -0.489. The van der Waals surface area contributed by atoms with E-state index in [1.54, 1.807) is 36.4 Å². The first-order chi connectivity index (χ1) is 11.6. The van der Waals surface area contributed by atoms with E-state index in [1.807, 2.05) is 6.92 Å². The number of amides is 1. The van der Waals surface area contributed by atoms with Crippen LogP contribution in [0.15, 0.2) is 53.6 Å². The van der Waals surface area contributed by atoms with Gasteiger partial charge in [-0.05, 0) is 18.6 Å². The molecule has 0 atom stereocenters. The molecule has 0 radical (unpaired) electrons. The molecule has 7 nitrogen and oxygen atoms in total. The first kappa shape index (κ1) is 17.1. The van der Waals surface area contributed by atoms with E-state index in [0.717, 1.165) is 6.42 Å². The molecule has 2 aromatic rings. The van der Waals surface area contributed by atoms with Gasteiger partial charge >= 0.3 is 0 Å². The first-order valence-corrected chi connectivity index (χ1v) is 7.41. The number of carbonyl (C=O) groups excluding carboxylic acids is 1. The highest BCUT2D eigenvalue weighted by molar-refractivity contribution is 5.97. The number of hydrogen-bond acceptors (Lipinski definition) is 5. The predicted molar refractivity (Wildman–Crippen MR) is 90.4 cm³/mol. The van der Waals surface area contributed by atoms with Gasteiger partial charge in [0, 0.05) is 17.7 Å². The van der Waals surface area contributed by atoms with E-state index >= 15 is 0 Å². The van der Waals surface area contributed by atoms with Crippen LogP contribution < -0.4 is 10.2 Å². The van der Waals surface area contributed by atoms with Crippen molar-refractivity contribution in [3.8, 4) is 5.75 Å². The maximum Gasteiger partial charge on any atom is 0.275 e. The maximum atomic E-state index is 12.2. The average molecular weight is 327 g/mol. The summed E-state index contributed by atoms with van der Waals surface area (Å²) in [5.41, 5.74) is 3.25. The van der Waals surface area contributed by atoms with E-state index in [9.17, 15) is 14.9 Å². The highest BCUT2D eigenvalue weighted by atomic mass is 16.6. The standard InChI is InChI=1S/C17H17N3O4/c1-2-10-24-16-9-4-3-8-15(16)17(21)19-18-12-13-6-5-7-14(11-13)20(22)23/h3-9,11-12H,2,10H2,1H3,(H,19,21)/b18-12+. The van der Waals surface area contributed by atoms with Crippen LogP contribution in [0.2, 0.25) is 0 Å². The maximum absolute atomic E-state index is 12.2. The van der Waals surface area contributed by atoms with Crippen molar-refractivity contribution in [2.24, 2.45) is 5.10 Å². The molecule has 0 aliphatic heterocycles. The number of nitrogens with one attached hydrogen (secondary N) is 1. The van der Waals surface area contributed by atoms with Crippen LogP contribution in [0.5, 0.6) is 5.75 Å². The number of non-ortho nitro benzene ring substituents is 1. The van der Waals surface area contributed by atoms with Crippen LogP contribution in [0.1, 0.15) is 29.3 Å². The van der Waals surface area contributed by atoms with Gasteiger partial charge < -0.3 is 4.74 Å². The predicted octanol–water partition coefficient (Wildman–Crippen LogP) is 3.15. The van der Waals surface area contributed by atoms with Gasteiger partial charge in [-0.25, -0.2) is 5.43 Å². The molecule has 124 valence electrons. The molecule has 2 aromatic carbocycles. The molecule has 0 saturated carbocycles. The summed E-state index contributed by atoms with van der Waals surface area (Å²) in [6.07, 6.45) is 2.18. The van der Waals surface area contributed by atoms with Gasteiger partial charge in [0.2, 0.25) is 0 Å². The molecule has 0 aromatic heterocycles. The molecule has 0 saturated heterocycles. The number of nitrogens with zero attached hydrogens (tertiary/aromatic N) is 2. The van der Waals surface area contributed by atoms with E-state index in [1.165, 1.54) is 18.3 Å². The summed E-state index contributed by atoms with van der Waals surface area (Å²) in [7, 11) is 0. The minimum absolute atomic E-state index is 0.0383. The van der Waals surface area contributed by atoms with E-state index in [0.29, 0.717) is 23.5 Å². The van der Waals surface area contributed by atoms with Crippen molar-refractivity contribution in [1.82, 2.24) is 5.43 Å². The molecule has 2 rings (SSSR count). The number of ether oxygens (including phenoxy) is 1. The Bertz CT molecular complexity index is 759. The van der Waals surface area contributed by atoms with Crippen molar-refractivity contribution in [3.05, 3.63) is 69.8 Å². The van der Waals surface area contributed by atoms with Gasteiger partial charge in [0.05, 0.1) is 23.3 Å². The average Bonchev–Trinajstić information content (AvgIpc) is 2.60. The molecule has 0 aliphatic rings. The first-order valence-electron chi connectivity index (χ1n) is 7.41. The summed E-state index contributed by atoms with van der Waals surface area (Å²) < 4.78 is 5.53. The lowest BCUT2D eigenvalue weighted by atomic mass is 10.2. The monoisotopic (exact) mass is 327 g/mol. The highest BCUT2D eigenvalue weighted by Gasteiger charge is 2.11. The molecule has 0 spiro atoms. The Hall–Kier alpha value is -3.22. The zero-order valence-electron chi connectivity index (χ0n) is 13.1. The molecule has 0 bridgehead atoms. The molecular weight excluding hydrogens is 310 g/mol. The Morgan fingerprint density at radius 3 is 2.83 bits per heavy atom. The lowest BCUT2D eigenvalue weighted by molar-refractivity contribution is -0.384. The molecule has 0 heterocycles. The Morgan fingerprint density at radius 2 is 2.08 bits per heavy atom. The van der Waals surface area contributed by atoms with Crippen LogP contribution in [0, 0.1) is 10.1 Å². The van der Waals surface area contributed by atoms with Crippen LogP contribution >= 0.6 is 0 Å². The number of benzene rings is 2. The van der Waals surface area contributed by atoms with Crippen LogP contribution in [-0.4, -0.2) is 23.7 Å². The number of nitro benzene ring substituents is 1. The lowest BCUT2D eigenvalue weighted by Crippen LogP contribution is -2.18. The quantitative estimate of drug-likeness (QED) is 0.480. The number of rotatable bonds is 7. The minimum Gasteiger partial charge on any atom is -0.493 e. The normalized spacial score (nSPS) is 10.5. The topological polar surface area (TPSA) is 93.8 Å². The Kier molecular flexibility index (Phi) is 6.01. The number of nitro groups is 1. The summed E-state index contributed by atoms with van der Waals surface area (Å²) in [6.45, 7) is 2.49. The summed E-state index contributed by atoms with van der Waals surface area (Å²) >= 11 is 0. The summed E-state index contributed by atoms with van der Waals surface area (Å²) in [6, 6.07) is 12.8. The highest BCUT2D eigenvalue weighted by Crippen LogP contribution is 2.18. The van der Waals surface area contributed by atoms with Gasteiger partial charge in [0.15, 0.2) is 0 Å². The fourth-order valence-corrected chi connectivity index (χ4v) is 1.94. The van der Waals surface area contributed by atoms with Gasteiger partial charge in [-0.3, -0.25) is 14.9 Å². The van der Waals surface area contributed by atoms with Crippen LogP contribution in [0.3, 0.4) is 0 Å². The zero-order chi connectivity index (χ0) is 17.4. The molecule has 1 N–H and O–H groups in total.